The van der Waals surface area contributed by atoms with Gasteiger partial charge < -0.3 is 10.3 Å². The van der Waals surface area contributed by atoms with Crippen LogP contribution < -0.4 is 5.73 Å². The molecule has 3 rings (SSSR count). The molecule has 0 amide bonds. The van der Waals surface area contributed by atoms with Crippen LogP contribution in [0.5, 0.6) is 0 Å². The first-order valence-electron chi connectivity index (χ1n) is 5.91. The summed E-state index contributed by atoms with van der Waals surface area (Å²) in [5, 5.41) is 7.56. The standard InChI is InChI=1S/C11H12FN5O2S/c12-8-2-1-3-9(13)11(8)20(18,19)17-5-4-16-7-14-15-10(16)6-17/h1-3,7H,4-6,13H2. The van der Waals surface area contributed by atoms with Gasteiger partial charge in [0.25, 0.3) is 0 Å². The Balaban J connectivity index is 2.02. The maximum atomic E-state index is 13.8. The first-order chi connectivity index (χ1) is 9.50. The lowest BCUT2D eigenvalue weighted by molar-refractivity contribution is 0.334. The van der Waals surface area contributed by atoms with E-state index in [-0.39, 0.29) is 18.8 Å². The van der Waals surface area contributed by atoms with Crippen LogP contribution in [-0.2, 0) is 23.1 Å². The number of nitrogens with zero attached hydrogens (tertiary/aromatic N) is 4. The van der Waals surface area contributed by atoms with E-state index in [2.05, 4.69) is 10.2 Å². The molecule has 106 valence electrons. The number of nitrogen functional groups attached to an aromatic ring is 1. The number of benzene rings is 1. The van der Waals surface area contributed by atoms with E-state index in [1.807, 2.05) is 0 Å². The van der Waals surface area contributed by atoms with E-state index in [9.17, 15) is 12.8 Å². The minimum absolute atomic E-state index is 0.0517. The number of sulfonamides is 1. The number of hydrogen-bond donors (Lipinski definition) is 1. The predicted molar refractivity (Wildman–Crippen MR) is 68.4 cm³/mol. The summed E-state index contributed by atoms with van der Waals surface area (Å²) < 4.78 is 41.8. The van der Waals surface area contributed by atoms with Gasteiger partial charge in [-0.3, -0.25) is 0 Å². The molecule has 2 heterocycles. The highest BCUT2D eigenvalue weighted by molar-refractivity contribution is 7.89. The van der Waals surface area contributed by atoms with Crippen molar-refractivity contribution in [1.29, 1.82) is 0 Å². The second kappa shape index (κ2) is 4.53. The molecule has 2 aromatic rings. The van der Waals surface area contributed by atoms with Crippen LogP contribution in [0.15, 0.2) is 29.4 Å². The van der Waals surface area contributed by atoms with Crippen molar-refractivity contribution in [1.82, 2.24) is 19.1 Å². The van der Waals surface area contributed by atoms with E-state index >= 15 is 0 Å². The number of aromatic nitrogens is 3. The van der Waals surface area contributed by atoms with Gasteiger partial charge >= 0.3 is 0 Å². The van der Waals surface area contributed by atoms with Gasteiger partial charge in [-0.15, -0.1) is 10.2 Å². The molecule has 0 saturated carbocycles. The van der Waals surface area contributed by atoms with Gasteiger partial charge in [0.2, 0.25) is 10.0 Å². The lowest BCUT2D eigenvalue weighted by Gasteiger charge is -2.26. The molecule has 20 heavy (non-hydrogen) atoms. The van der Waals surface area contributed by atoms with Crippen LogP contribution in [-0.4, -0.2) is 34.0 Å². The van der Waals surface area contributed by atoms with Crippen LogP contribution in [0.1, 0.15) is 5.82 Å². The summed E-state index contributed by atoms with van der Waals surface area (Å²) in [7, 11) is -3.99. The molecule has 1 aliphatic heterocycles. The first-order valence-corrected chi connectivity index (χ1v) is 7.35. The van der Waals surface area contributed by atoms with Crippen LogP contribution >= 0.6 is 0 Å². The number of anilines is 1. The topological polar surface area (TPSA) is 94.1 Å². The van der Waals surface area contributed by atoms with E-state index in [0.29, 0.717) is 12.4 Å². The van der Waals surface area contributed by atoms with Gasteiger partial charge in [0.15, 0.2) is 0 Å². The van der Waals surface area contributed by atoms with Gasteiger partial charge in [-0.05, 0) is 12.1 Å². The summed E-state index contributed by atoms with van der Waals surface area (Å²) in [5.74, 6) is -0.327. The fourth-order valence-electron chi connectivity index (χ4n) is 2.18. The fraction of sp³-hybridized carbons (Fsp3) is 0.273. The summed E-state index contributed by atoms with van der Waals surface area (Å²) in [6.07, 6.45) is 1.54. The molecule has 1 aromatic heterocycles. The van der Waals surface area contributed by atoms with E-state index < -0.39 is 20.7 Å². The highest BCUT2D eigenvalue weighted by Crippen LogP contribution is 2.27. The number of fused-ring (bicyclic) bond motifs is 1. The fourth-order valence-corrected chi connectivity index (χ4v) is 3.72. The summed E-state index contributed by atoms with van der Waals surface area (Å²) in [6, 6.07) is 3.81. The summed E-state index contributed by atoms with van der Waals surface area (Å²) in [6.45, 7) is 0.702. The second-order valence-corrected chi connectivity index (χ2v) is 6.31. The smallest absolute Gasteiger partial charge is 0.248 e. The number of hydrogen-bond acceptors (Lipinski definition) is 5. The molecule has 0 aliphatic carbocycles. The molecule has 2 N–H and O–H groups in total. The van der Waals surface area contributed by atoms with Crippen molar-refractivity contribution in [3.63, 3.8) is 0 Å². The highest BCUT2D eigenvalue weighted by atomic mass is 32.2. The Kier molecular flexibility index (Phi) is 2.94. The Morgan fingerprint density at radius 2 is 2.10 bits per heavy atom. The van der Waals surface area contributed by atoms with Gasteiger partial charge in [-0.1, -0.05) is 6.07 Å². The number of rotatable bonds is 2. The van der Waals surface area contributed by atoms with Gasteiger partial charge in [0.1, 0.15) is 22.9 Å². The van der Waals surface area contributed by atoms with Crippen LogP contribution in [0.25, 0.3) is 0 Å². The second-order valence-electron chi connectivity index (χ2n) is 4.44. The van der Waals surface area contributed by atoms with Gasteiger partial charge in [-0.2, -0.15) is 4.31 Å². The summed E-state index contributed by atoms with van der Waals surface area (Å²) in [5.41, 5.74) is 5.51. The van der Waals surface area contributed by atoms with E-state index in [1.54, 1.807) is 4.57 Å². The molecule has 0 atom stereocenters. The Morgan fingerprint density at radius 1 is 1.30 bits per heavy atom. The summed E-state index contributed by atoms with van der Waals surface area (Å²) in [4.78, 5) is -0.479. The van der Waals surface area contributed by atoms with Crippen molar-refractivity contribution in [3.8, 4) is 0 Å². The van der Waals surface area contributed by atoms with Crippen LogP contribution in [0, 0.1) is 5.82 Å². The third-order valence-corrected chi connectivity index (χ3v) is 5.14. The van der Waals surface area contributed by atoms with Crippen molar-refractivity contribution in [3.05, 3.63) is 36.2 Å². The highest BCUT2D eigenvalue weighted by Gasteiger charge is 2.32. The van der Waals surface area contributed by atoms with Crippen LogP contribution in [0.3, 0.4) is 0 Å². The van der Waals surface area contributed by atoms with Crippen LogP contribution in [0.2, 0.25) is 0 Å². The lowest BCUT2D eigenvalue weighted by atomic mass is 10.3. The molecule has 0 bridgehead atoms. The average molecular weight is 297 g/mol. The Labute approximate surface area is 114 Å². The number of nitrogens with two attached hydrogens (primary N) is 1. The summed E-state index contributed by atoms with van der Waals surface area (Å²) >= 11 is 0. The minimum Gasteiger partial charge on any atom is -0.398 e. The molecule has 1 aliphatic rings. The quantitative estimate of drug-likeness (QED) is 0.799. The molecule has 1 aromatic carbocycles. The third kappa shape index (κ3) is 1.95. The molecule has 0 unspecified atom stereocenters. The molecular weight excluding hydrogens is 285 g/mol. The third-order valence-electron chi connectivity index (χ3n) is 3.20. The van der Waals surface area contributed by atoms with Crippen molar-refractivity contribution < 1.29 is 12.8 Å². The zero-order valence-corrected chi connectivity index (χ0v) is 11.2. The Bertz CT molecular complexity index is 738. The largest absolute Gasteiger partial charge is 0.398 e. The molecule has 0 spiro atoms. The van der Waals surface area contributed by atoms with Gasteiger partial charge in [0, 0.05) is 13.1 Å². The normalized spacial score (nSPS) is 16.1. The number of halogens is 1. The van der Waals surface area contributed by atoms with Crippen molar-refractivity contribution in [2.24, 2.45) is 0 Å². The van der Waals surface area contributed by atoms with Crippen molar-refractivity contribution >= 4 is 15.7 Å². The zero-order chi connectivity index (χ0) is 14.3. The molecule has 0 radical (unpaired) electrons. The van der Waals surface area contributed by atoms with Crippen molar-refractivity contribution in [2.45, 2.75) is 18.0 Å². The minimum atomic E-state index is -3.99. The maximum absolute atomic E-state index is 13.8. The van der Waals surface area contributed by atoms with E-state index in [0.717, 1.165) is 10.4 Å². The first kappa shape index (κ1) is 13.0. The molecule has 0 saturated heterocycles. The van der Waals surface area contributed by atoms with Crippen molar-refractivity contribution in [2.75, 3.05) is 12.3 Å². The molecule has 7 nitrogen and oxygen atoms in total. The van der Waals surface area contributed by atoms with Gasteiger partial charge in [-0.25, -0.2) is 12.8 Å². The van der Waals surface area contributed by atoms with Crippen LogP contribution in [0.4, 0.5) is 10.1 Å². The zero-order valence-electron chi connectivity index (χ0n) is 10.4. The molecule has 9 heteroatoms. The average Bonchev–Trinajstić information content (AvgIpc) is 2.85. The predicted octanol–water partition coefficient (Wildman–Crippen LogP) is 0.204. The van der Waals surface area contributed by atoms with E-state index in [1.165, 1.54) is 18.5 Å². The monoisotopic (exact) mass is 297 g/mol. The Hall–Kier alpha value is -2.00. The maximum Gasteiger partial charge on any atom is 0.248 e. The molecular formula is C11H12FN5O2S. The van der Waals surface area contributed by atoms with E-state index in [4.69, 9.17) is 5.73 Å². The molecule has 0 fully saturated rings. The lowest BCUT2D eigenvalue weighted by Crippen LogP contribution is -2.38. The van der Waals surface area contributed by atoms with Gasteiger partial charge in [0.05, 0.1) is 12.2 Å². The Morgan fingerprint density at radius 3 is 2.85 bits per heavy atom. The SMILES string of the molecule is Nc1cccc(F)c1S(=O)(=O)N1CCn2cnnc2C1.